The first-order valence-corrected chi connectivity index (χ1v) is 38.1. The minimum absolute atomic E-state index is 0.0221. The smallest absolute Gasteiger partial charge is 0.306 e. The lowest BCUT2D eigenvalue weighted by Gasteiger charge is -2.30. The molecule has 0 heterocycles. The van der Waals surface area contributed by atoms with Gasteiger partial charge in [0, 0.05) is 12.8 Å². The largest absolute Gasteiger partial charge is 0.756 e. The van der Waals surface area contributed by atoms with Crippen LogP contribution in [0, 0.1) is 0 Å². The molecule has 0 spiro atoms. The van der Waals surface area contributed by atoms with Crippen LogP contribution in [0.4, 0.5) is 0 Å². The van der Waals surface area contributed by atoms with E-state index in [0.717, 1.165) is 70.6 Å². The Bertz CT molecular complexity index is 1640. The summed E-state index contributed by atoms with van der Waals surface area (Å²) in [4.78, 5) is 40.2. The number of unbranched alkanes of at least 4 members (excludes halogenated alkanes) is 43. The molecule has 3 unspecified atom stereocenters. The summed E-state index contributed by atoms with van der Waals surface area (Å²) < 4.78 is 30.5. The zero-order valence-electron chi connectivity index (χ0n) is 57.1. The van der Waals surface area contributed by atoms with Crippen LogP contribution >= 0.6 is 7.82 Å². The van der Waals surface area contributed by atoms with Crippen molar-refractivity contribution < 1.29 is 37.3 Å². The number of allylic oxidation sites excluding steroid dienone is 9. The number of nitrogens with one attached hydrogen (secondary N) is 1. The van der Waals surface area contributed by atoms with Gasteiger partial charge in [0.25, 0.3) is 7.82 Å². The van der Waals surface area contributed by atoms with Crippen molar-refractivity contribution in [1.29, 1.82) is 0 Å². The molecule has 0 aliphatic heterocycles. The van der Waals surface area contributed by atoms with Crippen LogP contribution < -0.4 is 10.2 Å². The van der Waals surface area contributed by atoms with Crippen molar-refractivity contribution in [3.8, 4) is 0 Å². The van der Waals surface area contributed by atoms with Crippen LogP contribution in [0.3, 0.4) is 0 Å². The van der Waals surface area contributed by atoms with Crippen LogP contribution in [0.5, 0.6) is 0 Å². The third-order valence-corrected chi connectivity index (χ3v) is 17.4. The average molecular weight is 1210 g/mol. The first-order chi connectivity index (χ1) is 41.4. The topological polar surface area (TPSA) is 114 Å². The molecule has 0 radical (unpaired) electrons. The minimum atomic E-state index is -4.71. The molecule has 0 aromatic rings. The van der Waals surface area contributed by atoms with E-state index in [4.69, 9.17) is 13.8 Å². The molecule has 0 aliphatic rings. The van der Waals surface area contributed by atoms with E-state index >= 15 is 0 Å². The van der Waals surface area contributed by atoms with Gasteiger partial charge in [-0.2, -0.15) is 0 Å². The maximum atomic E-state index is 13.6. The van der Waals surface area contributed by atoms with Gasteiger partial charge in [-0.05, 0) is 96.0 Å². The quantitative estimate of drug-likeness (QED) is 0.0212. The zero-order valence-corrected chi connectivity index (χ0v) is 58.0. The van der Waals surface area contributed by atoms with Crippen LogP contribution in [-0.2, 0) is 27.9 Å². The van der Waals surface area contributed by atoms with Gasteiger partial charge in [-0.15, -0.1) is 0 Å². The lowest BCUT2D eigenvalue weighted by molar-refractivity contribution is -0.870. The number of esters is 1. The summed E-state index contributed by atoms with van der Waals surface area (Å²) in [5, 5.41) is 3.05. The third kappa shape index (κ3) is 66.0. The zero-order chi connectivity index (χ0) is 62.1. The van der Waals surface area contributed by atoms with Crippen molar-refractivity contribution in [3.05, 3.63) is 60.8 Å². The Balaban J connectivity index is 5.05. The number of hydrogen-bond acceptors (Lipinski definition) is 7. The lowest BCUT2D eigenvalue weighted by atomic mass is 10.0. The van der Waals surface area contributed by atoms with E-state index in [1.165, 1.54) is 250 Å². The van der Waals surface area contributed by atoms with Gasteiger partial charge in [-0.25, -0.2) is 0 Å². The van der Waals surface area contributed by atoms with Gasteiger partial charge in [-0.3, -0.25) is 14.2 Å². The molecule has 3 atom stereocenters. The van der Waals surface area contributed by atoms with Gasteiger partial charge in [0.1, 0.15) is 19.3 Å². The Morgan fingerprint density at radius 1 is 0.412 bits per heavy atom. The van der Waals surface area contributed by atoms with Gasteiger partial charge in [0.15, 0.2) is 0 Å². The first kappa shape index (κ1) is 82.7. The van der Waals surface area contributed by atoms with E-state index in [0.29, 0.717) is 17.4 Å². The number of amides is 1. The monoisotopic (exact) mass is 1210 g/mol. The Hall–Kier alpha value is -2.29. The SMILES string of the molecule is CCCCC/C=C\C/C=C\CCCCCCCCCCCCCCCCCC(=O)OC(/C=C/CCCCCCCCCCCCC)C(COP(=O)([O-])OCC[N+](C)(C)C)NC(=O)CCCCCCCCCCCCC/C=C\C/C=C\CCCCC. The average Bonchev–Trinajstić information content (AvgIpc) is 3.48. The summed E-state index contributed by atoms with van der Waals surface area (Å²) in [6.45, 7) is 6.84. The number of rotatable bonds is 67. The van der Waals surface area contributed by atoms with E-state index < -0.39 is 20.0 Å². The molecule has 0 fully saturated rings. The second-order valence-electron chi connectivity index (χ2n) is 26.1. The second-order valence-corrected chi connectivity index (χ2v) is 27.5. The molecule has 498 valence electrons. The molecule has 0 aromatic heterocycles. The van der Waals surface area contributed by atoms with Crippen molar-refractivity contribution >= 4 is 19.7 Å². The summed E-state index contributed by atoms with van der Waals surface area (Å²) in [5.41, 5.74) is 0. The standard InChI is InChI=1S/C75H141N2O7P/c1-7-10-13-16-19-22-25-28-30-32-34-36-37-38-39-41-43-45-47-50-53-56-59-62-65-68-75(79)84-73(66-63-60-57-54-51-48-27-24-21-18-15-12-9-3)72(71-83-85(80,81)82-70-69-77(4,5)6)76-74(78)67-64-61-58-55-52-49-46-44-42-40-35-33-31-29-26-23-20-17-14-11-8-2/h19-20,22-23,28-31,63,66,72-73H,7-18,21,24-27,32-62,64-65,67-71H2,1-6H3,(H-,76,78,80,81)/b22-19-,23-20-,30-28-,31-29-,66-63+. The van der Waals surface area contributed by atoms with Crippen molar-refractivity contribution in [2.45, 2.75) is 367 Å². The van der Waals surface area contributed by atoms with Gasteiger partial charge in [-0.1, -0.05) is 307 Å². The third-order valence-electron chi connectivity index (χ3n) is 16.4. The summed E-state index contributed by atoms with van der Waals surface area (Å²) >= 11 is 0. The number of nitrogens with zero attached hydrogens (tertiary/aromatic N) is 1. The molecule has 1 N–H and O–H groups in total. The van der Waals surface area contributed by atoms with Crippen molar-refractivity contribution in [3.63, 3.8) is 0 Å². The van der Waals surface area contributed by atoms with Crippen molar-refractivity contribution in [1.82, 2.24) is 5.32 Å². The Morgan fingerprint density at radius 2 is 0.718 bits per heavy atom. The number of ether oxygens (including phenoxy) is 1. The Labute approximate surface area is 528 Å². The molecule has 0 saturated carbocycles. The summed E-state index contributed by atoms with van der Waals surface area (Å²) in [5.74, 6) is -0.528. The molecule has 0 saturated heterocycles. The van der Waals surface area contributed by atoms with Gasteiger partial charge < -0.3 is 28.5 Å². The highest BCUT2D eigenvalue weighted by Crippen LogP contribution is 2.38. The summed E-state index contributed by atoms with van der Waals surface area (Å²) in [6, 6.07) is -0.890. The fraction of sp³-hybridized carbons (Fsp3) is 0.840. The van der Waals surface area contributed by atoms with Crippen LogP contribution in [0.1, 0.15) is 355 Å². The van der Waals surface area contributed by atoms with Crippen LogP contribution in [0.2, 0.25) is 0 Å². The maximum absolute atomic E-state index is 13.6. The van der Waals surface area contributed by atoms with E-state index in [9.17, 15) is 19.0 Å². The highest BCUT2D eigenvalue weighted by atomic mass is 31.2. The number of quaternary nitrogens is 1. The minimum Gasteiger partial charge on any atom is -0.756 e. The number of carbonyl (C=O) groups excluding carboxylic acids is 2. The Morgan fingerprint density at radius 3 is 1.08 bits per heavy atom. The molecule has 9 nitrogen and oxygen atoms in total. The van der Waals surface area contributed by atoms with E-state index in [2.05, 4.69) is 74.7 Å². The fourth-order valence-corrected chi connectivity index (χ4v) is 11.5. The lowest BCUT2D eigenvalue weighted by Crippen LogP contribution is -2.47. The molecule has 0 bridgehead atoms. The second kappa shape index (κ2) is 64.7. The number of carbonyl (C=O) groups is 2. The molecule has 10 heteroatoms. The van der Waals surface area contributed by atoms with Gasteiger partial charge in [0.05, 0.1) is 33.8 Å². The predicted octanol–water partition coefficient (Wildman–Crippen LogP) is 22.7. The Kier molecular flexibility index (Phi) is 62.9. The maximum Gasteiger partial charge on any atom is 0.306 e. The highest BCUT2D eigenvalue weighted by Gasteiger charge is 2.27. The molecule has 0 rings (SSSR count). The van der Waals surface area contributed by atoms with Crippen LogP contribution in [0.15, 0.2) is 60.8 Å². The number of hydrogen-bond donors (Lipinski definition) is 1. The van der Waals surface area contributed by atoms with Crippen LogP contribution in [0.25, 0.3) is 0 Å². The molecular weight excluding hydrogens is 1070 g/mol. The molecule has 0 aliphatic carbocycles. The molecule has 85 heavy (non-hydrogen) atoms. The number of phosphoric ester groups is 1. The van der Waals surface area contributed by atoms with Crippen LogP contribution in [-0.4, -0.2) is 69.4 Å². The van der Waals surface area contributed by atoms with Gasteiger partial charge >= 0.3 is 5.97 Å². The van der Waals surface area contributed by atoms with E-state index in [-0.39, 0.29) is 31.5 Å². The highest BCUT2D eigenvalue weighted by molar-refractivity contribution is 7.45. The van der Waals surface area contributed by atoms with E-state index in [1.807, 2.05) is 33.3 Å². The number of phosphoric acid groups is 1. The molecule has 1 amide bonds. The van der Waals surface area contributed by atoms with Crippen molar-refractivity contribution in [2.24, 2.45) is 0 Å². The molecule has 0 aromatic carbocycles. The predicted molar refractivity (Wildman–Crippen MR) is 367 cm³/mol. The van der Waals surface area contributed by atoms with E-state index in [1.54, 1.807) is 0 Å². The summed E-state index contributed by atoms with van der Waals surface area (Å²) in [7, 11) is 1.19. The fourth-order valence-electron chi connectivity index (χ4n) is 10.8. The van der Waals surface area contributed by atoms with Crippen molar-refractivity contribution in [2.75, 3.05) is 40.9 Å². The normalized spacial score (nSPS) is 13.8. The first-order valence-electron chi connectivity index (χ1n) is 36.6. The van der Waals surface area contributed by atoms with Gasteiger partial charge in [0.2, 0.25) is 5.91 Å². The molecular formula is C75H141N2O7P. The number of likely N-dealkylation sites (N-methyl/N-ethyl adjacent to an activating group) is 1. The summed E-state index contributed by atoms with van der Waals surface area (Å²) in [6.07, 6.45) is 83.4.